The van der Waals surface area contributed by atoms with Crippen molar-refractivity contribution >= 4 is 27.6 Å². The fourth-order valence-electron chi connectivity index (χ4n) is 2.17. The lowest BCUT2D eigenvalue weighted by Crippen LogP contribution is -2.10. The summed E-state index contributed by atoms with van der Waals surface area (Å²) in [5.74, 6) is 0.567. The summed E-state index contributed by atoms with van der Waals surface area (Å²) >= 11 is 3.27. The highest BCUT2D eigenvalue weighted by molar-refractivity contribution is 9.10. The summed E-state index contributed by atoms with van der Waals surface area (Å²) in [6.07, 6.45) is 0. The summed E-state index contributed by atoms with van der Waals surface area (Å²) in [6.45, 7) is 0. The van der Waals surface area contributed by atoms with Gasteiger partial charge in [-0.3, -0.25) is 9.78 Å². The molecular weight excluding hydrogens is 377 g/mol. The van der Waals surface area contributed by atoms with E-state index in [1.165, 1.54) is 18.2 Å². The molecule has 1 heterocycles. The first-order valence-corrected chi connectivity index (χ1v) is 7.82. The lowest BCUT2D eigenvalue weighted by atomic mass is 10.1. The first-order chi connectivity index (χ1) is 11.5. The van der Waals surface area contributed by atoms with Crippen LogP contribution in [0.5, 0.6) is 5.75 Å². The van der Waals surface area contributed by atoms with Crippen molar-refractivity contribution in [1.29, 1.82) is 0 Å². The number of rotatable bonds is 4. The van der Waals surface area contributed by atoms with Gasteiger partial charge in [0, 0.05) is 16.1 Å². The Bertz CT molecular complexity index is 943. The van der Waals surface area contributed by atoms with E-state index in [9.17, 15) is 9.18 Å². The second-order valence-corrected chi connectivity index (χ2v) is 5.81. The average molecular weight is 390 g/mol. The van der Waals surface area contributed by atoms with Crippen LogP contribution < -0.4 is 15.6 Å². The Morgan fingerprint density at radius 3 is 2.79 bits per heavy atom. The molecule has 5 nitrogen and oxygen atoms in total. The van der Waals surface area contributed by atoms with Crippen molar-refractivity contribution in [2.45, 2.75) is 0 Å². The van der Waals surface area contributed by atoms with Gasteiger partial charge in [-0.15, -0.1) is 0 Å². The molecule has 3 rings (SSSR count). The van der Waals surface area contributed by atoms with E-state index in [-0.39, 0.29) is 17.3 Å². The van der Waals surface area contributed by atoms with Crippen LogP contribution in [0.4, 0.5) is 16.0 Å². The summed E-state index contributed by atoms with van der Waals surface area (Å²) in [4.78, 5) is 18.9. The Morgan fingerprint density at radius 2 is 2.04 bits per heavy atom. The Kier molecular flexibility index (Phi) is 4.61. The first kappa shape index (κ1) is 16.2. The predicted molar refractivity (Wildman–Crippen MR) is 94.2 cm³/mol. The molecule has 0 radical (unpaired) electrons. The molecule has 0 bridgehead atoms. The van der Waals surface area contributed by atoms with Crippen molar-refractivity contribution in [2.24, 2.45) is 0 Å². The van der Waals surface area contributed by atoms with Gasteiger partial charge >= 0.3 is 0 Å². The van der Waals surface area contributed by atoms with Crippen LogP contribution in [-0.2, 0) is 0 Å². The summed E-state index contributed by atoms with van der Waals surface area (Å²) in [7, 11) is 1.57. The van der Waals surface area contributed by atoms with Gasteiger partial charge in [0.05, 0.1) is 18.5 Å². The zero-order valence-electron chi connectivity index (χ0n) is 12.6. The van der Waals surface area contributed by atoms with Crippen LogP contribution in [0.2, 0.25) is 0 Å². The number of hydrogen-bond acceptors (Lipinski definition) is 4. The molecule has 0 aliphatic heterocycles. The zero-order valence-corrected chi connectivity index (χ0v) is 14.2. The van der Waals surface area contributed by atoms with E-state index >= 15 is 0 Å². The third kappa shape index (κ3) is 3.62. The summed E-state index contributed by atoms with van der Waals surface area (Å²) in [5.41, 5.74) is 1.53. The quantitative estimate of drug-likeness (QED) is 0.704. The summed E-state index contributed by atoms with van der Waals surface area (Å²) < 4.78 is 18.9. The minimum Gasteiger partial charge on any atom is -0.497 e. The Balaban J connectivity index is 1.98. The maximum atomic E-state index is 13.2. The number of benzene rings is 2. The average Bonchev–Trinajstić information content (AvgIpc) is 2.57. The highest BCUT2D eigenvalue weighted by atomic mass is 79.9. The molecule has 122 valence electrons. The molecule has 2 N–H and O–H groups in total. The minimum absolute atomic E-state index is 0.257. The van der Waals surface area contributed by atoms with Crippen LogP contribution in [0.3, 0.4) is 0 Å². The van der Waals surface area contributed by atoms with Gasteiger partial charge in [-0.2, -0.15) is 0 Å². The van der Waals surface area contributed by atoms with Gasteiger partial charge in [0.1, 0.15) is 11.6 Å². The van der Waals surface area contributed by atoms with Crippen molar-refractivity contribution in [3.8, 4) is 17.0 Å². The molecule has 0 amide bonds. The second-order valence-electron chi connectivity index (χ2n) is 4.96. The van der Waals surface area contributed by atoms with Crippen LogP contribution in [0.1, 0.15) is 0 Å². The van der Waals surface area contributed by atoms with Gasteiger partial charge in [-0.05, 0) is 46.3 Å². The van der Waals surface area contributed by atoms with Gasteiger partial charge in [-0.25, -0.2) is 9.37 Å². The monoisotopic (exact) mass is 389 g/mol. The number of ether oxygens (including phenoxy) is 1. The minimum atomic E-state index is -0.362. The highest BCUT2D eigenvalue weighted by Gasteiger charge is 2.08. The summed E-state index contributed by atoms with van der Waals surface area (Å²) in [6, 6.07) is 12.9. The molecule has 0 unspecified atom stereocenters. The molecule has 0 saturated heterocycles. The first-order valence-electron chi connectivity index (χ1n) is 7.03. The van der Waals surface area contributed by atoms with Crippen LogP contribution in [-0.4, -0.2) is 17.1 Å². The van der Waals surface area contributed by atoms with Crippen LogP contribution in [0.15, 0.2) is 57.8 Å². The number of anilines is 2. The molecule has 2 aromatic carbocycles. The fourth-order valence-corrected chi connectivity index (χ4v) is 2.62. The molecule has 0 aliphatic rings. The van der Waals surface area contributed by atoms with E-state index < -0.39 is 0 Å². The lowest BCUT2D eigenvalue weighted by molar-refractivity contribution is 0.415. The molecular formula is C17H13BrFN3O2. The van der Waals surface area contributed by atoms with Gasteiger partial charge in [0.15, 0.2) is 0 Å². The van der Waals surface area contributed by atoms with E-state index in [0.29, 0.717) is 21.6 Å². The molecule has 0 spiro atoms. The molecule has 0 saturated carbocycles. The molecule has 0 atom stereocenters. The number of methoxy groups -OCH3 is 1. The third-order valence-corrected chi connectivity index (χ3v) is 3.95. The van der Waals surface area contributed by atoms with Crippen LogP contribution >= 0.6 is 15.9 Å². The zero-order chi connectivity index (χ0) is 17.1. The number of halogens is 2. The number of aromatic nitrogens is 2. The van der Waals surface area contributed by atoms with Crippen molar-refractivity contribution in [3.63, 3.8) is 0 Å². The summed E-state index contributed by atoms with van der Waals surface area (Å²) in [5, 5.41) is 2.97. The molecule has 0 aliphatic carbocycles. The SMILES string of the molecule is COc1cccc(-c2cc(=O)[nH]c(Nc3ccc(F)cc3Br)n2)c1. The lowest BCUT2D eigenvalue weighted by Gasteiger charge is -2.09. The van der Waals surface area contributed by atoms with Crippen molar-refractivity contribution in [3.05, 3.63) is 69.2 Å². The number of nitrogens with one attached hydrogen (secondary N) is 2. The molecule has 3 aromatic rings. The topological polar surface area (TPSA) is 67.0 Å². The van der Waals surface area contributed by atoms with E-state index in [4.69, 9.17) is 4.74 Å². The Labute approximate surface area is 145 Å². The standard InChI is InChI=1S/C17H13BrFN3O2/c1-24-12-4-2-3-10(7-12)15-9-16(23)22-17(21-15)20-14-6-5-11(19)8-13(14)18/h2-9H,1H3,(H2,20,21,22,23). The Hall–Kier alpha value is -2.67. The van der Waals surface area contributed by atoms with Gasteiger partial charge in [-0.1, -0.05) is 12.1 Å². The van der Waals surface area contributed by atoms with Crippen molar-refractivity contribution in [1.82, 2.24) is 9.97 Å². The van der Waals surface area contributed by atoms with E-state index in [1.807, 2.05) is 18.2 Å². The maximum Gasteiger partial charge on any atom is 0.252 e. The number of H-pyrrole nitrogens is 1. The van der Waals surface area contributed by atoms with Crippen molar-refractivity contribution in [2.75, 3.05) is 12.4 Å². The Morgan fingerprint density at radius 1 is 1.21 bits per heavy atom. The predicted octanol–water partition coefficient (Wildman–Crippen LogP) is 4.09. The third-order valence-electron chi connectivity index (χ3n) is 3.29. The molecule has 7 heteroatoms. The number of aromatic amines is 1. The van der Waals surface area contributed by atoms with Crippen LogP contribution in [0, 0.1) is 5.82 Å². The van der Waals surface area contributed by atoms with Gasteiger partial charge < -0.3 is 10.1 Å². The van der Waals surface area contributed by atoms with E-state index in [2.05, 4.69) is 31.2 Å². The van der Waals surface area contributed by atoms with Crippen LogP contribution in [0.25, 0.3) is 11.3 Å². The fraction of sp³-hybridized carbons (Fsp3) is 0.0588. The second kappa shape index (κ2) is 6.84. The van der Waals surface area contributed by atoms with Gasteiger partial charge in [0.2, 0.25) is 5.95 Å². The smallest absolute Gasteiger partial charge is 0.252 e. The largest absolute Gasteiger partial charge is 0.497 e. The number of nitrogens with zero attached hydrogens (tertiary/aromatic N) is 1. The molecule has 0 fully saturated rings. The molecule has 1 aromatic heterocycles. The van der Waals surface area contributed by atoms with Crippen molar-refractivity contribution < 1.29 is 9.13 Å². The highest BCUT2D eigenvalue weighted by Crippen LogP contribution is 2.26. The van der Waals surface area contributed by atoms with Gasteiger partial charge in [0.25, 0.3) is 5.56 Å². The normalized spacial score (nSPS) is 10.5. The molecule has 24 heavy (non-hydrogen) atoms. The maximum absolute atomic E-state index is 13.2. The number of hydrogen-bond donors (Lipinski definition) is 2. The van der Waals surface area contributed by atoms with E-state index in [0.717, 1.165) is 5.56 Å². The van der Waals surface area contributed by atoms with E-state index in [1.54, 1.807) is 19.2 Å².